The molecule has 2 aliphatic rings. The van der Waals surface area contributed by atoms with Crippen molar-refractivity contribution < 1.29 is 72.1 Å². The Morgan fingerprint density at radius 1 is 0.649 bits per heavy atom. The van der Waals surface area contributed by atoms with Crippen LogP contribution in [0.1, 0.15) is 51.4 Å². The zero-order valence-electron chi connectivity index (χ0n) is 19.0. The van der Waals surface area contributed by atoms with Crippen LogP contribution in [0, 0.1) is 11.8 Å². The van der Waals surface area contributed by atoms with Crippen molar-refractivity contribution >= 4 is 5.97 Å². The van der Waals surface area contributed by atoms with Crippen molar-refractivity contribution in [3.8, 4) is 0 Å². The van der Waals surface area contributed by atoms with E-state index in [2.05, 4.69) is 11.3 Å². The van der Waals surface area contributed by atoms with Gasteiger partial charge in [0.2, 0.25) is 0 Å². The molecule has 2 fully saturated rings. The molecule has 16 heteroatoms. The lowest BCUT2D eigenvalue weighted by Gasteiger charge is -2.45. The van der Waals surface area contributed by atoms with Crippen molar-refractivity contribution in [2.75, 3.05) is 0 Å². The van der Waals surface area contributed by atoms with Crippen molar-refractivity contribution in [1.82, 2.24) is 0 Å². The summed E-state index contributed by atoms with van der Waals surface area (Å²) in [6, 6.07) is 0. The number of ether oxygens (including phenoxy) is 2. The quantitative estimate of drug-likeness (QED) is 0.224. The first-order valence-electron chi connectivity index (χ1n) is 11.1. The molecule has 0 atom stereocenters. The van der Waals surface area contributed by atoms with Crippen LogP contribution in [-0.2, 0) is 14.3 Å². The minimum Gasteiger partial charge on any atom is -0.436 e. The Kier molecular flexibility index (Phi) is 8.90. The Labute approximate surface area is 203 Å². The van der Waals surface area contributed by atoms with Crippen LogP contribution in [-0.4, -0.2) is 59.2 Å². The molecule has 0 saturated heterocycles. The second-order valence-corrected chi connectivity index (χ2v) is 9.20. The van der Waals surface area contributed by atoms with Crippen LogP contribution in [0.5, 0.6) is 0 Å². The lowest BCUT2D eigenvalue weighted by Crippen LogP contribution is -2.64. The summed E-state index contributed by atoms with van der Waals surface area (Å²) in [4.78, 5) is 11.4. The molecule has 216 valence electrons. The number of carbonyl (C=O) groups is 1. The standard InChI is InChI=1S/C21H24F12O4/c1-2-15(34)37-17(20(28,29)30,21(31,32)33)12-5-9-14(10-6-12)36-13-7-3-11(4-8-13)16(35,18(22,23)24)19(25,26)27/h2,11-14,35H,1,3-10H2. The number of hydrogen-bond acceptors (Lipinski definition) is 4. The molecular weight excluding hydrogens is 544 g/mol. The van der Waals surface area contributed by atoms with E-state index in [9.17, 15) is 62.6 Å². The lowest BCUT2D eigenvalue weighted by atomic mass is 9.74. The number of carbonyl (C=O) groups excluding carboxylic acids is 1. The highest BCUT2D eigenvalue weighted by Crippen LogP contribution is 2.55. The third-order valence-corrected chi connectivity index (χ3v) is 7.03. The Hall–Kier alpha value is -1.71. The van der Waals surface area contributed by atoms with Gasteiger partial charge in [-0.25, -0.2) is 4.79 Å². The van der Waals surface area contributed by atoms with E-state index in [4.69, 9.17) is 4.74 Å². The average Bonchev–Trinajstić information content (AvgIpc) is 2.74. The van der Waals surface area contributed by atoms with E-state index in [1.807, 2.05) is 0 Å². The maximum atomic E-state index is 13.7. The van der Waals surface area contributed by atoms with E-state index in [-0.39, 0.29) is 31.8 Å². The zero-order chi connectivity index (χ0) is 28.7. The summed E-state index contributed by atoms with van der Waals surface area (Å²) in [6.45, 7) is 2.81. The smallest absolute Gasteiger partial charge is 0.436 e. The summed E-state index contributed by atoms with van der Waals surface area (Å²) in [5, 5.41) is 9.52. The molecule has 37 heavy (non-hydrogen) atoms. The molecule has 2 rings (SSSR count). The SMILES string of the molecule is C=CC(=O)OC(C1CCC(OC2CCC(C(O)(C(F)(F)F)C(F)(F)F)CC2)CC1)(C(F)(F)F)C(F)(F)F. The number of rotatable bonds is 6. The van der Waals surface area contributed by atoms with Gasteiger partial charge in [0.1, 0.15) is 0 Å². The molecule has 1 N–H and O–H groups in total. The third-order valence-electron chi connectivity index (χ3n) is 7.03. The van der Waals surface area contributed by atoms with Crippen LogP contribution in [0.25, 0.3) is 0 Å². The van der Waals surface area contributed by atoms with Crippen molar-refractivity contribution in [3.63, 3.8) is 0 Å². The fourth-order valence-electron chi connectivity index (χ4n) is 5.14. The van der Waals surface area contributed by atoms with Gasteiger partial charge in [-0.2, -0.15) is 52.7 Å². The molecule has 0 bridgehead atoms. The van der Waals surface area contributed by atoms with Crippen molar-refractivity contribution in [3.05, 3.63) is 12.7 Å². The topological polar surface area (TPSA) is 55.8 Å². The molecule has 0 radical (unpaired) electrons. The fraction of sp³-hybridized carbons (Fsp3) is 0.857. The highest BCUT2D eigenvalue weighted by atomic mass is 19.4. The van der Waals surface area contributed by atoms with Gasteiger partial charge in [0.15, 0.2) is 0 Å². The van der Waals surface area contributed by atoms with E-state index >= 15 is 0 Å². The highest BCUT2D eigenvalue weighted by molar-refractivity contribution is 5.81. The number of hydrogen-bond donors (Lipinski definition) is 1. The van der Waals surface area contributed by atoms with Gasteiger partial charge >= 0.3 is 36.3 Å². The second kappa shape index (κ2) is 10.5. The summed E-state index contributed by atoms with van der Waals surface area (Å²) in [7, 11) is 0. The number of halogens is 12. The summed E-state index contributed by atoms with van der Waals surface area (Å²) in [5.41, 5.74) is -9.72. The minimum atomic E-state index is -6.02. The molecule has 0 amide bonds. The molecule has 0 aromatic heterocycles. The van der Waals surface area contributed by atoms with Gasteiger partial charge in [0, 0.05) is 17.9 Å². The third kappa shape index (κ3) is 5.98. The first-order valence-corrected chi connectivity index (χ1v) is 11.1. The van der Waals surface area contributed by atoms with E-state index in [0.717, 1.165) is 0 Å². The Morgan fingerprint density at radius 3 is 1.30 bits per heavy atom. The molecule has 2 saturated carbocycles. The Balaban J connectivity index is 2.07. The van der Waals surface area contributed by atoms with Gasteiger partial charge in [-0.05, 0) is 51.4 Å². The number of aliphatic hydroxyl groups is 1. The molecule has 0 aliphatic heterocycles. The van der Waals surface area contributed by atoms with Gasteiger partial charge < -0.3 is 14.6 Å². The second-order valence-electron chi connectivity index (χ2n) is 9.20. The molecule has 0 aromatic rings. The van der Waals surface area contributed by atoms with E-state index in [1.165, 1.54) is 0 Å². The lowest BCUT2D eigenvalue weighted by molar-refractivity contribution is -0.388. The van der Waals surface area contributed by atoms with Crippen molar-refractivity contribution in [1.29, 1.82) is 0 Å². The molecule has 0 aromatic carbocycles. The zero-order valence-corrected chi connectivity index (χ0v) is 19.0. The summed E-state index contributed by atoms with van der Waals surface area (Å²) >= 11 is 0. The van der Waals surface area contributed by atoms with Crippen LogP contribution in [0.15, 0.2) is 12.7 Å². The monoisotopic (exact) mass is 568 g/mol. The highest BCUT2D eigenvalue weighted by Gasteiger charge is 2.77. The molecule has 2 aliphatic carbocycles. The van der Waals surface area contributed by atoms with Crippen LogP contribution >= 0.6 is 0 Å². The molecule has 0 unspecified atom stereocenters. The largest absolute Gasteiger partial charge is 0.437 e. The first kappa shape index (κ1) is 31.5. The van der Waals surface area contributed by atoms with Crippen LogP contribution < -0.4 is 0 Å². The van der Waals surface area contributed by atoms with Crippen LogP contribution in [0.2, 0.25) is 0 Å². The predicted molar refractivity (Wildman–Crippen MR) is 101 cm³/mol. The molecular formula is C21H24F12O4. The Morgan fingerprint density at radius 2 is 1.00 bits per heavy atom. The van der Waals surface area contributed by atoms with E-state index in [0.29, 0.717) is 0 Å². The molecule has 4 nitrogen and oxygen atoms in total. The summed E-state index contributed by atoms with van der Waals surface area (Å²) < 4.78 is 170. The van der Waals surface area contributed by atoms with E-state index in [1.54, 1.807) is 0 Å². The maximum Gasteiger partial charge on any atom is 0.437 e. The maximum absolute atomic E-state index is 13.7. The van der Waals surface area contributed by atoms with Gasteiger partial charge in [0.25, 0.3) is 5.60 Å². The van der Waals surface area contributed by atoms with Gasteiger partial charge in [-0.1, -0.05) is 6.58 Å². The molecule has 0 heterocycles. The predicted octanol–water partition coefficient (Wildman–Crippen LogP) is 6.57. The minimum absolute atomic E-state index is 0.163. The molecule has 0 spiro atoms. The van der Waals surface area contributed by atoms with Gasteiger partial charge in [-0.3, -0.25) is 0 Å². The van der Waals surface area contributed by atoms with Gasteiger partial charge in [-0.15, -0.1) is 0 Å². The van der Waals surface area contributed by atoms with Crippen molar-refractivity contribution in [2.24, 2.45) is 11.8 Å². The Bertz CT molecular complexity index is 770. The number of esters is 1. The first-order chi connectivity index (χ1) is 16.6. The van der Waals surface area contributed by atoms with Gasteiger partial charge in [0.05, 0.1) is 12.2 Å². The summed E-state index contributed by atoms with van der Waals surface area (Å²) in [5.74, 6) is -6.36. The van der Waals surface area contributed by atoms with Crippen LogP contribution in [0.3, 0.4) is 0 Å². The number of alkyl halides is 12. The summed E-state index contributed by atoms with van der Waals surface area (Å²) in [6.07, 6.45) is -30.0. The van der Waals surface area contributed by atoms with Crippen LogP contribution in [0.4, 0.5) is 52.7 Å². The van der Waals surface area contributed by atoms with Crippen molar-refractivity contribution in [2.45, 2.75) is 99.5 Å². The van der Waals surface area contributed by atoms with E-state index < -0.39 is 91.6 Å². The average molecular weight is 568 g/mol. The fourth-order valence-corrected chi connectivity index (χ4v) is 5.14. The normalized spacial score (nSPS) is 27.1.